The standard InChI is InChI=1S/C23H19BrFN3O/c1-13-20-21(14-10-11-17(25)16(24)12-14)22-18(8-5-9-19(22)29)26-23(20)28(27-13)15-6-3-2-4-7-15/h2-4,6-7,10-12,21,26H,5,8-9H2,1H3/t21-/m0/s1. The number of aromatic nitrogens is 2. The summed E-state index contributed by atoms with van der Waals surface area (Å²) >= 11 is 3.30. The molecule has 2 heterocycles. The Hall–Kier alpha value is -2.73. The van der Waals surface area contributed by atoms with Crippen LogP contribution in [0.3, 0.4) is 0 Å². The molecule has 0 amide bonds. The molecule has 0 bridgehead atoms. The van der Waals surface area contributed by atoms with E-state index in [9.17, 15) is 9.18 Å². The number of allylic oxidation sites excluding steroid dienone is 2. The minimum atomic E-state index is -0.316. The van der Waals surface area contributed by atoms with Crippen LogP contribution in [0.4, 0.5) is 10.2 Å². The van der Waals surface area contributed by atoms with Crippen LogP contribution in [-0.2, 0) is 4.79 Å². The van der Waals surface area contributed by atoms with Crippen molar-refractivity contribution in [2.75, 3.05) is 5.32 Å². The van der Waals surface area contributed by atoms with Crippen LogP contribution < -0.4 is 5.32 Å². The van der Waals surface area contributed by atoms with Crippen molar-refractivity contribution in [3.05, 3.63) is 86.9 Å². The summed E-state index contributed by atoms with van der Waals surface area (Å²) in [7, 11) is 0. The summed E-state index contributed by atoms with van der Waals surface area (Å²) < 4.78 is 16.2. The number of rotatable bonds is 2. The molecule has 1 aromatic heterocycles. The van der Waals surface area contributed by atoms with Gasteiger partial charge in [0.15, 0.2) is 5.78 Å². The Morgan fingerprint density at radius 2 is 1.97 bits per heavy atom. The van der Waals surface area contributed by atoms with Gasteiger partial charge in [-0.1, -0.05) is 24.3 Å². The molecule has 0 radical (unpaired) electrons. The van der Waals surface area contributed by atoms with E-state index < -0.39 is 0 Å². The molecule has 3 aromatic rings. The molecule has 1 aliphatic heterocycles. The SMILES string of the molecule is Cc1nn(-c2ccccc2)c2c1[C@H](c1ccc(F)c(Br)c1)C1=C(CCCC1=O)N2. The molecule has 0 fully saturated rings. The first-order chi connectivity index (χ1) is 14.0. The van der Waals surface area contributed by atoms with Crippen LogP contribution in [0.1, 0.15) is 42.0 Å². The van der Waals surface area contributed by atoms with E-state index in [0.717, 1.165) is 52.4 Å². The number of para-hydroxylation sites is 1. The molecule has 0 unspecified atom stereocenters. The second-order valence-electron chi connectivity index (χ2n) is 7.50. The Kier molecular flexibility index (Phi) is 4.39. The average Bonchev–Trinajstić information content (AvgIpc) is 3.06. The smallest absolute Gasteiger partial charge is 0.161 e. The van der Waals surface area contributed by atoms with Gasteiger partial charge in [-0.3, -0.25) is 4.79 Å². The van der Waals surface area contributed by atoms with Crippen LogP contribution in [0.15, 0.2) is 64.3 Å². The predicted octanol–water partition coefficient (Wildman–Crippen LogP) is 5.65. The van der Waals surface area contributed by atoms with Crippen LogP contribution in [-0.4, -0.2) is 15.6 Å². The lowest BCUT2D eigenvalue weighted by atomic mass is 9.76. The van der Waals surface area contributed by atoms with Gasteiger partial charge in [-0.2, -0.15) is 5.10 Å². The highest BCUT2D eigenvalue weighted by atomic mass is 79.9. The monoisotopic (exact) mass is 451 g/mol. The lowest BCUT2D eigenvalue weighted by molar-refractivity contribution is -0.116. The topological polar surface area (TPSA) is 46.9 Å². The van der Waals surface area contributed by atoms with Crippen molar-refractivity contribution >= 4 is 27.5 Å². The normalized spacial score (nSPS) is 18.3. The summed E-state index contributed by atoms with van der Waals surface area (Å²) in [4.78, 5) is 13.0. The van der Waals surface area contributed by atoms with Crippen LogP contribution in [0, 0.1) is 12.7 Å². The number of benzene rings is 2. The summed E-state index contributed by atoms with van der Waals surface area (Å²) in [5.74, 6) is 0.460. The molecule has 5 rings (SSSR count). The molecule has 2 aliphatic rings. The minimum Gasteiger partial charge on any atom is -0.343 e. The quantitative estimate of drug-likeness (QED) is 0.547. The largest absolute Gasteiger partial charge is 0.343 e. The molecule has 6 heteroatoms. The molecule has 2 aromatic carbocycles. The fraction of sp³-hybridized carbons (Fsp3) is 0.217. The fourth-order valence-electron chi connectivity index (χ4n) is 4.40. The Balaban J connectivity index is 1.76. The highest BCUT2D eigenvalue weighted by Gasteiger charge is 2.38. The number of carbonyl (C=O) groups is 1. The first kappa shape index (κ1) is 18.3. The van der Waals surface area contributed by atoms with Crippen molar-refractivity contribution in [3.8, 4) is 5.69 Å². The fourth-order valence-corrected chi connectivity index (χ4v) is 4.80. The van der Waals surface area contributed by atoms with E-state index in [1.54, 1.807) is 12.1 Å². The van der Waals surface area contributed by atoms with Gasteiger partial charge in [0.2, 0.25) is 0 Å². The Labute approximate surface area is 176 Å². The number of Topliss-reactive ketones (excluding diaryl/α,β-unsaturated/α-hetero) is 1. The third-order valence-electron chi connectivity index (χ3n) is 5.69. The Morgan fingerprint density at radius 1 is 1.17 bits per heavy atom. The Morgan fingerprint density at radius 3 is 2.72 bits per heavy atom. The molecule has 0 saturated carbocycles. The maximum absolute atomic E-state index is 13.9. The van der Waals surface area contributed by atoms with Gasteiger partial charge in [0.25, 0.3) is 0 Å². The van der Waals surface area contributed by atoms with Gasteiger partial charge < -0.3 is 5.32 Å². The van der Waals surface area contributed by atoms with Crippen LogP contribution >= 0.6 is 15.9 Å². The summed E-state index contributed by atoms with van der Waals surface area (Å²) in [6.07, 6.45) is 2.19. The molecular formula is C23H19BrFN3O. The zero-order valence-electron chi connectivity index (χ0n) is 15.9. The second kappa shape index (κ2) is 6.95. The van der Waals surface area contributed by atoms with E-state index in [-0.39, 0.29) is 17.5 Å². The number of aryl methyl sites for hydroxylation is 1. The maximum Gasteiger partial charge on any atom is 0.161 e. The van der Waals surface area contributed by atoms with Crippen LogP contribution in [0.2, 0.25) is 0 Å². The van der Waals surface area contributed by atoms with Crippen molar-refractivity contribution in [2.24, 2.45) is 0 Å². The molecule has 0 saturated heterocycles. The summed E-state index contributed by atoms with van der Waals surface area (Å²) in [6.45, 7) is 1.96. The second-order valence-corrected chi connectivity index (χ2v) is 8.35. The molecule has 1 atom stereocenters. The highest BCUT2D eigenvalue weighted by Crippen LogP contribution is 2.47. The lowest BCUT2D eigenvalue weighted by Gasteiger charge is -2.33. The third-order valence-corrected chi connectivity index (χ3v) is 6.29. The predicted molar refractivity (Wildman–Crippen MR) is 114 cm³/mol. The highest BCUT2D eigenvalue weighted by molar-refractivity contribution is 9.10. The van der Waals surface area contributed by atoms with Crippen molar-refractivity contribution in [1.29, 1.82) is 0 Å². The number of fused-ring (bicyclic) bond motifs is 1. The average molecular weight is 452 g/mol. The number of nitrogens with zero attached hydrogens (tertiary/aromatic N) is 2. The van der Waals surface area contributed by atoms with Gasteiger partial charge in [0.05, 0.1) is 15.9 Å². The maximum atomic E-state index is 13.9. The van der Waals surface area contributed by atoms with Crippen molar-refractivity contribution in [2.45, 2.75) is 32.1 Å². The van der Waals surface area contributed by atoms with E-state index in [0.29, 0.717) is 10.9 Å². The first-order valence-corrected chi connectivity index (χ1v) is 10.5. The molecule has 4 nitrogen and oxygen atoms in total. The molecular weight excluding hydrogens is 433 g/mol. The zero-order valence-corrected chi connectivity index (χ0v) is 17.5. The van der Waals surface area contributed by atoms with Crippen molar-refractivity contribution in [3.63, 3.8) is 0 Å². The third kappa shape index (κ3) is 2.94. The van der Waals surface area contributed by atoms with Gasteiger partial charge in [-0.25, -0.2) is 9.07 Å². The molecule has 1 aliphatic carbocycles. The van der Waals surface area contributed by atoms with E-state index >= 15 is 0 Å². The van der Waals surface area contributed by atoms with Gasteiger partial charge in [0.1, 0.15) is 11.6 Å². The summed E-state index contributed by atoms with van der Waals surface area (Å²) in [5.41, 5.74) is 5.41. The number of anilines is 1. The van der Waals surface area contributed by atoms with Crippen LogP contribution in [0.5, 0.6) is 0 Å². The Bertz CT molecular complexity index is 1170. The number of hydrogen-bond donors (Lipinski definition) is 1. The van der Waals surface area contributed by atoms with Crippen molar-refractivity contribution in [1.82, 2.24) is 9.78 Å². The summed E-state index contributed by atoms with van der Waals surface area (Å²) in [5, 5.41) is 8.31. The molecule has 29 heavy (non-hydrogen) atoms. The summed E-state index contributed by atoms with van der Waals surface area (Å²) in [6, 6.07) is 14.9. The van der Waals surface area contributed by atoms with Crippen LogP contribution in [0.25, 0.3) is 5.69 Å². The number of hydrogen-bond acceptors (Lipinski definition) is 3. The number of halogens is 2. The van der Waals surface area contributed by atoms with E-state index in [1.807, 2.05) is 41.9 Å². The zero-order chi connectivity index (χ0) is 20.1. The molecule has 1 N–H and O–H groups in total. The van der Waals surface area contributed by atoms with E-state index in [2.05, 4.69) is 21.2 Å². The lowest BCUT2D eigenvalue weighted by Crippen LogP contribution is -2.27. The number of ketones is 1. The minimum absolute atomic E-state index is 0.154. The van der Waals surface area contributed by atoms with Gasteiger partial charge in [0, 0.05) is 29.2 Å². The first-order valence-electron chi connectivity index (χ1n) is 9.67. The van der Waals surface area contributed by atoms with Gasteiger partial charge in [-0.15, -0.1) is 0 Å². The van der Waals surface area contributed by atoms with E-state index in [4.69, 9.17) is 5.10 Å². The molecule has 0 spiro atoms. The van der Waals surface area contributed by atoms with Crippen molar-refractivity contribution < 1.29 is 9.18 Å². The number of carbonyl (C=O) groups excluding carboxylic acids is 1. The number of nitrogens with one attached hydrogen (secondary N) is 1. The van der Waals surface area contributed by atoms with Gasteiger partial charge in [-0.05, 0) is 65.5 Å². The van der Waals surface area contributed by atoms with E-state index in [1.165, 1.54) is 6.07 Å². The van der Waals surface area contributed by atoms with Gasteiger partial charge >= 0.3 is 0 Å². The molecule has 146 valence electrons.